The number of benzene rings is 1. The van der Waals surface area contributed by atoms with E-state index in [0.29, 0.717) is 17.3 Å². The maximum atomic E-state index is 13.5. The molecule has 4 aromatic rings. The minimum Gasteiger partial charge on any atom is -0.391 e. The Labute approximate surface area is 180 Å². The standard InChI is InChI=1S/C25H26N4O2/c1-2-18-10-9-16(14-27-18)12-17-13-20-24(19-6-5-11-26-23(17)19)28-15-29(25(20)31)21-7-3-4-8-22(21)30/h5-6,9-11,13-15,21-22,30H,2-4,7-8,12H2,1H3/t21-,22-/m0/s1. The second-order valence-corrected chi connectivity index (χ2v) is 8.40. The van der Waals surface area contributed by atoms with E-state index in [1.165, 1.54) is 0 Å². The smallest absolute Gasteiger partial charge is 0.261 e. The predicted molar refractivity (Wildman–Crippen MR) is 121 cm³/mol. The summed E-state index contributed by atoms with van der Waals surface area (Å²) in [4.78, 5) is 27.3. The first-order valence-corrected chi connectivity index (χ1v) is 11.0. The number of nitrogens with zero attached hydrogens (tertiary/aromatic N) is 4. The van der Waals surface area contributed by atoms with E-state index in [1.54, 1.807) is 17.1 Å². The Hall–Kier alpha value is -3.12. The fraction of sp³-hybridized carbons (Fsp3) is 0.360. The molecular weight excluding hydrogens is 388 g/mol. The number of aliphatic hydroxyl groups is 1. The van der Waals surface area contributed by atoms with E-state index < -0.39 is 6.10 Å². The van der Waals surface area contributed by atoms with Crippen LogP contribution in [0.15, 0.2) is 53.8 Å². The van der Waals surface area contributed by atoms with Crippen LogP contribution >= 0.6 is 0 Å². The molecule has 1 N–H and O–H groups in total. The molecule has 0 spiro atoms. The zero-order chi connectivity index (χ0) is 21.4. The number of aliphatic hydroxyl groups excluding tert-OH is 1. The summed E-state index contributed by atoms with van der Waals surface area (Å²) in [6, 6.07) is 9.70. The van der Waals surface area contributed by atoms with Crippen molar-refractivity contribution in [3.05, 3.63) is 76.2 Å². The van der Waals surface area contributed by atoms with E-state index in [2.05, 4.69) is 27.9 Å². The molecule has 3 heterocycles. The third-order valence-corrected chi connectivity index (χ3v) is 6.41. The minimum absolute atomic E-state index is 0.0950. The molecule has 0 bridgehead atoms. The molecule has 1 aliphatic carbocycles. The molecule has 6 nitrogen and oxygen atoms in total. The maximum absolute atomic E-state index is 13.5. The largest absolute Gasteiger partial charge is 0.391 e. The van der Waals surface area contributed by atoms with Crippen LogP contribution in [0.4, 0.5) is 0 Å². The second kappa shape index (κ2) is 8.19. The Bertz CT molecular complexity index is 1300. The summed E-state index contributed by atoms with van der Waals surface area (Å²) >= 11 is 0. The Morgan fingerprint density at radius 3 is 2.71 bits per heavy atom. The van der Waals surface area contributed by atoms with Crippen LogP contribution in [0.3, 0.4) is 0 Å². The fourth-order valence-electron chi connectivity index (χ4n) is 4.70. The first-order chi connectivity index (χ1) is 15.2. The summed E-state index contributed by atoms with van der Waals surface area (Å²) in [5, 5.41) is 11.9. The van der Waals surface area contributed by atoms with Crippen molar-refractivity contribution >= 4 is 21.8 Å². The fourth-order valence-corrected chi connectivity index (χ4v) is 4.70. The lowest BCUT2D eigenvalue weighted by molar-refractivity contribution is 0.0735. The number of hydrogen-bond donors (Lipinski definition) is 1. The molecule has 2 atom stereocenters. The number of pyridine rings is 2. The van der Waals surface area contributed by atoms with Gasteiger partial charge in [-0.05, 0) is 54.7 Å². The van der Waals surface area contributed by atoms with Crippen LogP contribution in [0.5, 0.6) is 0 Å². The highest BCUT2D eigenvalue weighted by atomic mass is 16.3. The highest BCUT2D eigenvalue weighted by Gasteiger charge is 2.26. The van der Waals surface area contributed by atoms with Gasteiger partial charge in [0, 0.05) is 29.9 Å². The molecule has 0 unspecified atom stereocenters. The summed E-state index contributed by atoms with van der Waals surface area (Å²) in [6.45, 7) is 2.09. The molecule has 5 rings (SSSR count). The first kappa shape index (κ1) is 19.8. The molecule has 1 saturated carbocycles. The normalized spacial score (nSPS) is 19.2. The van der Waals surface area contributed by atoms with Crippen molar-refractivity contribution in [3.63, 3.8) is 0 Å². The van der Waals surface area contributed by atoms with Gasteiger partial charge in [-0.15, -0.1) is 0 Å². The highest BCUT2D eigenvalue weighted by molar-refractivity contribution is 6.04. The van der Waals surface area contributed by atoms with Gasteiger partial charge >= 0.3 is 0 Å². The van der Waals surface area contributed by atoms with Gasteiger partial charge in [-0.25, -0.2) is 4.98 Å². The van der Waals surface area contributed by atoms with E-state index in [4.69, 9.17) is 0 Å². The van der Waals surface area contributed by atoms with Crippen LogP contribution in [0.1, 0.15) is 55.5 Å². The first-order valence-electron chi connectivity index (χ1n) is 11.0. The molecule has 0 radical (unpaired) electrons. The number of aryl methyl sites for hydroxylation is 1. The maximum Gasteiger partial charge on any atom is 0.261 e. The third kappa shape index (κ3) is 3.61. The Kier molecular flexibility index (Phi) is 5.24. The topological polar surface area (TPSA) is 80.9 Å². The van der Waals surface area contributed by atoms with E-state index >= 15 is 0 Å². The zero-order valence-corrected chi connectivity index (χ0v) is 17.7. The van der Waals surface area contributed by atoms with Crippen molar-refractivity contribution in [3.8, 4) is 0 Å². The molecule has 0 amide bonds. The molecular formula is C25H26N4O2. The molecule has 1 aromatic carbocycles. The van der Waals surface area contributed by atoms with Crippen molar-refractivity contribution in [2.75, 3.05) is 0 Å². The van der Waals surface area contributed by atoms with Crippen molar-refractivity contribution in [1.82, 2.24) is 19.5 Å². The minimum atomic E-state index is -0.504. The quantitative estimate of drug-likeness (QED) is 0.511. The van der Waals surface area contributed by atoms with Crippen molar-refractivity contribution in [1.29, 1.82) is 0 Å². The van der Waals surface area contributed by atoms with Crippen LogP contribution < -0.4 is 5.56 Å². The summed E-state index contributed by atoms with van der Waals surface area (Å²) < 4.78 is 1.63. The van der Waals surface area contributed by atoms with Gasteiger partial charge in [0.05, 0.1) is 34.9 Å². The van der Waals surface area contributed by atoms with Gasteiger partial charge in [-0.1, -0.05) is 25.8 Å². The van der Waals surface area contributed by atoms with Crippen LogP contribution in [0.25, 0.3) is 21.8 Å². The summed E-state index contributed by atoms with van der Waals surface area (Å²) in [5.41, 5.74) is 4.55. The third-order valence-electron chi connectivity index (χ3n) is 6.41. The Morgan fingerprint density at radius 1 is 1.06 bits per heavy atom. The highest BCUT2D eigenvalue weighted by Crippen LogP contribution is 2.30. The SMILES string of the molecule is CCc1ccc(Cc2cc3c(=O)n([C@H]4CCCC[C@@H]4O)cnc3c3cccnc23)cn1. The second-order valence-electron chi connectivity index (χ2n) is 8.40. The summed E-state index contributed by atoms with van der Waals surface area (Å²) in [5.74, 6) is 0. The molecule has 6 heteroatoms. The average molecular weight is 415 g/mol. The average Bonchev–Trinajstić information content (AvgIpc) is 2.81. The summed E-state index contributed by atoms with van der Waals surface area (Å²) in [7, 11) is 0. The monoisotopic (exact) mass is 414 g/mol. The Morgan fingerprint density at radius 2 is 1.94 bits per heavy atom. The van der Waals surface area contributed by atoms with Gasteiger partial charge in [-0.2, -0.15) is 0 Å². The number of rotatable bonds is 4. The van der Waals surface area contributed by atoms with Crippen LogP contribution in [-0.4, -0.2) is 30.7 Å². The molecule has 0 aliphatic heterocycles. The molecule has 0 saturated heterocycles. The van der Waals surface area contributed by atoms with Gasteiger partial charge in [0.1, 0.15) is 0 Å². The molecule has 31 heavy (non-hydrogen) atoms. The van der Waals surface area contributed by atoms with Crippen LogP contribution in [0.2, 0.25) is 0 Å². The van der Waals surface area contributed by atoms with E-state index in [-0.39, 0.29) is 11.6 Å². The van der Waals surface area contributed by atoms with E-state index in [1.807, 2.05) is 30.5 Å². The van der Waals surface area contributed by atoms with Gasteiger partial charge in [0.15, 0.2) is 0 Å². The van der Waals surface area contributed by atoms with Gasteiger partial charge < -0.3 is 5.11 Å². The predicted octanol–water partition coefficient (Wildman–Crippen LogP) is 3.97. The Balaban J connectivity index is 1.67. The van der Waals surface area contributed by atoms with Gasteiger partial charge in [-0.3, -0.25) is 19.3 Å². The lowest BCUT2D eigenvalue weighted by atomic mass is 9.92. The number of fused-ring (bicyclic) bond motifs is 3. The lowest BCUT2D eigenvalue weighted by Gasteiger charge is -2.29. The zero-order valence-electron chi connectivity index (χ0n) is 17.7. The lowest BCUT2D eigenvalue weighted by Crippen LogP contribution is -2.34. The van der Waals surface area contributed by atoms with Crippen molar-refractivity contribution in [2.24, 2.45) is 0 Å². The van der Waals surface area contributed by atoms with E-state index in [9.17, 15) is 9.90 Å². The summed E-state index contributed by atoms with van der Waals surface area (Å²) in [6.07, 6.45) is 9.85. The van der Waals surface area contributed by atoms with E-state index in [0.717, 1.165) is 59.8 Å². The molecule has 1 fully saturated rings. The number of aromatic nitrogens is 4. The van der Waals surface area contributed by atoms with Crippen molar-refractivity contribution < 1.29 is 5.11 Å². The van der Waals surface area contributed by atoms with Crippen LogP contribution in [-0.2, 0) is 12.8 Å². The van der Waals surface area contributed by atoms with Crippen LogP contribution in [0, 0.1) is 0 Å². The van der Waals surface area contributed by atoms with Gasteiger partial charge in [0.25, 0.3) is 5.56 Å². The number of hydrogen-bond acceptors (Lipinski definition) is 5. The van der Waals surface area contributed by atoms with Gasteiger partial charge in [0.2, 0.25) is 0 Å². The molecule has 1 aliphatic rings. The molecule has 3 aromatic heterocycles. The van der Waals surface area contributed by atoms with Crippen molar-refractivity contribution in [2.45, 2.75) is 57.6 Å². The molecule has 158 valence electrons.